The Morgan fingerprint density at radius 2 is 2.26 bits per heavy atom. The second kappa shape index (κ2) is 5.75. The maximum Gasteiger partial charge on any atom is 0.131 e. The SMILES string of the molecule is Cc1nnc(CN2CCCC[C@H]2c2ccccn2)s1. The van der Waals surface area contributed by atoms with Gasteiger partial charge in [-0.2, -0.15) is 0 Å². The summed E-state index contributed by atoms with van der Waals surface area (Å²) in [6.45, 7) is 4.03. The lowest BCUT2D eigenvalue weighted by molar-refractivity contribution is 0.137. The summed E-state index contributed by atoms with van der Waals surface area (Å²) in [6.07, 6.45) is 5.63. The Bertz CT molecular complexity index is 525. The lowest BCUT2D eigenvalue weighted by Crippen LogP contribution is -2.33. The summed E-state index contributed by atoms with van der Waals surface area (Å²) in [5.41, 5.74) is 1.18. The van der Waals surface area contributed by atoms with Crippen molar-refractivity contribution in [2.24, 2.45) is 0 Å². The Kier molecular flexibility index (Phi) is 3.84. The number of pyridine rings is 1. The third-order valence-electron chi connectivity index (χ3n) is 3.55. The quantitative estimate of drug-likeness (QED) is 0.863. The van der Waals surface area contributed by atoms with Crippen LogP contribution in [0.2, 0.25) is 0 Å². The number of aryl methyl sites for hydroxylation is 1. The minimum atomic E-state index is 0.430. The van der Waals surface area contributed by atoms with E-state index in [1.807, 2.05) is 19.2 Å². The van der Waals surface area contributed by atoms with Gasteiger partial charge < -0.3 is 0 Å². The molecule has 3 rings (SSSR count). The van der Waals surface area contributed by atoms with Gasteiger partial charge in [-0.15, -0.1) is 21.5 Å². The van der Waals surface area contributed by atoms with Crippen molar-refractivity contribution in [2.75, 3.05) is 6.54 Å². The fraction of sp³-hybridized carbons (Fsp3) is 0.500. The molecule has 19 heavy (non-hydrogen) atoms. The highest BCUT2D eigenvalue weighted by molar-refractivity contribution is 7.11. The van der Waals surface area contributed by atoms with Crippen molar-refractivity contribution in [1.29, 1.82) is 0 Å². The van der Waals surface area contributed by atoms with E-state index in [1.165, 1.54) is 25.0 Å². The van der Waals surface area contributed by atoms with Crippen LogP contribution in [0.5, 0.6) is 0 Å². The molecule has 1 atom stereocenters. The molecule has 0 N–H and O–H groups in total. The van der Waals surface area contributed by atoms with Crippen LogP contribution in [0.1, 0.15) is 41.0 Å². The van der Waals surface area contributed by atoms with Gasteiger partial charge in [-0.1, -0.05) is 12.5 Å². The number of hydrogen-bond acceptors (Lipinski definition) is 5. The fourth-order valence-corrected chi connectivity index (χ4v) is 3.40. The van der Waals surface area contributed by atoms with Crippen molar-refractivity contribution < 1.29 is 0 Å². The van der Waals surface area contributed by atoms with Crippen molar-refractivity contribution in [3.05, 3.63) is 40.1 Å². The molecule has 1 fully saturated rings. The Hall–Kier alpha value is -1.33. The van der Waals surface area contributed by atoms with Gasteiger partial charge >= 0.3 is 0 Å². The Labute approximate surface area is 117 Å². The molecule has 1 aliphatic heterocycles. The van der Waals surface area contributed by atoms with Crippen molar-refractivity contribution >= 4 is 11.3 Å². The van der Waals surface area contributed by atoms with E-state index < -0.39 is 0 Å². The third-order valence-corrected chi connectivity index (χ3v) is 4.37. The van der Waals surface area contributed by atoms with Gasteiger partial charge in [0.05, 0.1) is 18.3 Å². The van der Waals surface area contributed by atoms with Gasteiger partial charge in [0, 0.05) is 6.20 Å². The summed E-state index contributed by atoms with van der Waals surface area (Å²) in [7, 11) is 0. The van der Waals surface area contributed by atoms with Crippen LogP contribution in [-0.4, -0.2) is 26.6 Å². The predicted molar refractivity (Wildman–Crippen MR) is 75.9 cm³/mol. The van der Waals surface area contributed by atoms with Gasteiger partial charge in [0.1, 0.15) is 10.0 Å². The Morgan fingerprint density at radius 3 is 3.00 bits per heavy atom. The highest BCUT2D eigenvalue weighted by atomic mass is 32.1. The standard InChI is InChI=1S/C14H18N4S/c1-11-16-17-14(19-11)10-18-9-5-3-7-13(18)12-6-2-4-8-15-12/h2,4,6,8,13H,3,5,7,9-10H2,1H3/t13-/m0/s1. The zero-order valence-corrected chi connectivity index (χ0v) is 11.9. The Morgan fingerprint density at radius 1 is 1.32 bits per heavy atom. The van der Waals surface area contributed by atoms with Crippen LogP contribution in [0.3, 0.4) is 0 Å². The second-order valence-electron chi connectivity index (χ2n) is 4.95. The van der Waals surface area contributed by atoms with E-state index in [0.717, 1.165) is 23.1 Å². The minimum Gasteiger partial charge on any atom is -0.288 e. The molecular formula is C14H18N4S. The van der Waals surface area contributed by atoms with Crippen LogP contribution in [0.25, 0.3) is 0 Å². The first kappa shape index (κ1) is 12.7. The van der Waals surface area contributed by atoms with Crippen LogP contribution >= 0.6 is 11.3 Å². The van der Waals surface area contributed by atoms with Crippen molar-refractivity contribution in [3.8, 4) is 0 Å². The lowest BCUT2D eigenvalue weighted by atomic mass is 9.99. The molecule has 0 amide bonds. The third kappa shape index (κ3) is 2.98. The van der Waals surface area contributed by atoms with Gasteiger partial charge in [-0.25, -0.2) is 0 Å². The van der Waals surface area contributed by atoms with Crippen molar-refractivity contribution in [2.45, 2.75) is 38.8 Å². The Balaban J connectivity index is 1.77. The van der Waals surface area contributed by atoms with Gasteiger partial charge in [0.15, 0.2) is 0 Å². The summed E-state index contributed by atoms with van der Waals surface area (Å²) in [5.74, 6) is 0. The van der Waals surface area contributed by atoms with Crippen molar-refractivity contribution in [3.63, 3.8) is 0 Å². The number of nitrogens with zero attached hydrogens (tertiary/aromatic N) is 4. The first-order chi connectivity index (χ1) is 9.33. The molecule has 0 bridgehead atoms. The number of hydrogen-bond donors (Lipinski definition) is 0. The van der Waals surface area contributed by atoms with E-state index in [-0.39, 0.29) is 0 Å². The fourth-order valence-electron chi connectivity index (χ4n) is 2.66. The van der Waals surface area contributed by atoms with Crippen LogP contribution < -0.4 is 0 Å². The average Bonchev–Trinajstić information content (AvgIpc) is 2.86. The highest BCUT2D eigenvalue weighted by Crippen LogP contribution is 2.31. The van der Waals surface area contributed by atoms with Gasteiger partial charge in [-0.05, 0) is 38.4 Å². The minimum absolute atomic E-state index is 0.430. The molecule has 2 aromatic heterocycles. The van der Waals surface area contributed by atoms with E-state index >= 15 is 0 Å². The van der Waals surface area contributed by atoms with Gasteiger partial charge in [0.2, 0.25) is 0 Å². The highest BCUT2D eigenvalue weighted by Gasteiger charge is 2.25. The van der Waals surface area contributed by atoms with Crippen LogP contribution in [0.4, 0.5) is 0 Å². The summed E-state index contributed by atoms with van der Waals surface area (Å²) >= 11 is 1.69. The van der Waals surface area contributed by atoms with Crippen LogP contribution in [-0.2, 0) is 6.54 Å². The van der Waals surface area contributed by atoms with E-state index in [0.29, 0.717) is 6.04 Å². The molecule has 0 aliphatic carbocycles. The zero-order valence-electron chi connectivity index (χ0n) is 11.1. The maximum atomic E-state index is 4.53. The van der Waals surface area contributed by atoms with Gasteiger partial charge in [0.25, 0.3) is 0 Å². The number of aromatic nitrogens is 3. The lowest BCUT2D eigenvalue weighted by Gasteiger charge is -2.34. The summed E-state index contributed by atoms with van der Waals surface area (Å²) in [6, 6.07) is 6.61. The molecule has 0 aromatic carbocycles. The number of rotatable bonds is 3. The number of piperidine rings is 1. The topological polar surface area (TPSA) is 41.9 Å². The first-order valence-corrected chi connectivity index (χ1v) is 7.58. The molecule has 1 aliphatic rings. The molecule has 0 radical (unpaired) electrons. The summed E-state index contributed by atoms with van der Waals surface area (Å²) in [4.78, 5) is 7.02. The smallest absolute Gasteiger partial charge is 0.131 e. The number of likely N-dealkylation sites (tertiary alicyclic amines) is 1. The second-order valence-corrected chi connectivity index (χ2v) is 6.22. The normalized spacial score (nSPS) is 20.6. The molecule has 4 nitrogen and oxygen atoms in total. The van der Waals surface area contributed by atoms with E-state index in [4.69, 9.17) is 0 Å². The summed E-state index contributed by atoms with van der Waals surface area (Å²) < 4.78 is 0. The molecule has 1 saturated heterocycles. The molecule has 2 aromatic rings. The van der Waals surface area contributed by atoms with Gasteiger partial charge in [-0.3, -0.25) is 9.88 Å². The molecule has 0 saturated carbocycles. The predicted octanol–water partition coefficient (Wildman–Crippen LogP) is 2.97. The monoisotopic (exact) mass is 274 g/mol. The maximum absolute atomic E-state index is 4.53. The zero-order chi connectivity index (χ0) is 13.1. The largest absolute Gasteiger partial charge is 0.288 e. The molecule has 0 unspecified atom stereocenters. The van der Waals surface area contributed by atoms with Crippen LogP contribution in [0, 0.1) is 6.92 Å². The van der Waals surface area contributed by atoms with E-state index in [9.17, 15) is 0 Å². The van der Waals surface area contributed by atoms with E-state index in [2.05, 4.69) is 32.2 Å². The molecule has 100 valence electrons. The molecule has 0 spiro atoms. The van der Waals surface area contributed by atoms with E-state index in [1.54, 1.807) is 11.3 Å². The molecule has 5 heteroatoms. The molecular weight excluding hydrogens is 256 g/mol. The summed E-state index contributed by atoms with van der Waals surface area (Å²) in [5, 5.41) is 10.5. The van der Waals surface area contributed by atoms with Crippen LogP contribution in [0.15, 0.2) is 24.4 Å². The first-order valence-electron chi connectivity index (χ1n) is 6.77. The average molecular weight is 274 g/mol. The molecule has 3 heterocycles. The van der Waals surface area contributed by atoms with Crippen molar-refractivity contribution in [1.82, 2.24) is 20.1 Å².